The zero-order valence-electron chi connectivity index (χ0n) is 12.0. The summed E-state index contributed by atoms with van der Waals surface area (Å²) in [6.45, 7) is 2.90. The van der Waals surface area contributed by atoms with Crippen molar-refractivity contribution in [1.29, 1.82) is 0 Å². The van der Waals surface area contributed by atoms with Crippen LogP contribution in [0.3, 0.4) is 0 Å². The van der Waals surface area contributed by atoms with Gasteiger partial charge < -0.3 is 5.73 Å². The highest BCUT2D eigenvalue weighted by Crippen LogP contribution is 2.40. The van der Waals surface area contributed by atoms with Gasteiger partial charge in [-0.3, -0.25) is 4.98 Å². The smallest absolute Gasteiger partial charge is 0.0270 e. The van der Waals surface area contributed by atoms with Crippen LogP contribution in [0.1, 0.15) is 42.4 Å². The highest BCUT2D eigenvalue weighted by Gasteiger charge is 2.27. The monoisotopic (exact) mass is 266 g/mol. The number of hydrogen-bond donors (Lipinski definition) is 1. The molecule has 0 radical (unpaired) electrons. The van der Waals surface area contributed by atoms with Gasteiger partial charge in [0.05, 0.1) is 0 Å². The molecule has 1 saturated carbocycles. The van der Waals surface area contributed by atoms with E-state index >= 15 is 0 Å². The second kappa shape index (κ2) is 5.37. The summed E-state index contributed by atoms with van der Waals surface area (Å²) in [5.41, 5.74) is 10.2. The van der Waals surface area contributed by atoms with Crippen LogP contribution in [0, 0.1) is 0 Å². The maximum absolute atomic E-state index is 6.08. The molecule has 2 N–H and O–H groups in total. The Hall–Kier alpha value is -1.67. The lowest BCUT2D eigenvalue weighted by atomic mass is 9.77. The van der Waals surface area contributed by atoms with Gasteiger partial charge in [-0.2, -0.15) is 0 Å². The highest BCUT2D eigenvalue weighted by atomic mass is 14.6. The summed E-state index contributed by atoms with van der Waals surface area (Å²) < 4.78 is 0. The molecular weight excluding hydrogens is 244 g/mol. The van der Waals surface area contributed by atoms with E-state index in [1.54, 1.807) is 0 Å². The van der Waals surface area contributed by atoms with E-state index in [-0.39, 0.29) is 5.41 Å². The summed E-state index contributed by atoms with van der Waals surface area (Å²) in [7, 11) is 0. The Morgan fingerprint density at radius 2 is 1.75 bits per heavy atom. The van der Waals surface area contributed by atoms with Crippen LogP contribution in [0.15, 0.2) is 48.8 Å². The number of nitrogens with two attached hydrogens (primary N) is 1. The van der Waals surface area contributed by atoms with E-state index in [0.29, 0.717) is 6.54 Å². The van der Waals surface area contributed by atoms with E-state index in [2.05, 4.69) is 48.3 Å². The maximum atomic E-state index is 6.08. The Balaban J connectivity index is 1.83. The third-order valence-electron chi connectivity index (χ3n) is 4.45. The topological polar surface area (TPSA) is 38.9 Å². The number of rotatable bonds is 5. The summed E-state index contributed by atoms with van der Waals surface area (Å²) in [6, 6.07) is 13.3. The van der Waals surface area contributed by atoms with Gasteiger partial charge in [0.2, 0.25) is 0 Å². The van der Waals surface area contributed by atoms with E-state index in [1.165, 1.54) is 29.5 Å². The molecule has 1 aliphatic rings. The molecule has 104 valence electrons. The van der Waals surface area contributed by atoms with Crippen molar-refractivity contribution in [1.82, 2.24) is 4.98 Å². The van der Waals surface area contributed by atoms with Gasteiger partial charge in [0.1, 0.15) is 0 Å². The Labute approximate surface area is 121 Å². The summed E-state index contributed by atoms with van der Waals surface area (Å²) in [5.74, 6) is 0.813. The van der Waals surface area contributed by atoms with Gasteiger partial charge in [-0.1, -0.05) is 31.2 Å². The quantitative estimate of drug-likeness (QED) is 0.900. The Kier molecular flexibility index (Phi) is 3.58. The average molecular weight is 266 g/mol. The molecule has 1 aliphatic carbocycles. The molecule has 1 aromatic heterocycles. The molecule has 1 fully saturated rings. The third-order valence-corrected chi connectivity index (χ3v) is 4.45. The highest BCUT2D eigenvalue weighted by molar-refractivity contribution is 5.34. The molecule has 1 aromatic carbocycles. The number of hydrogen-bond acceptors (Lipinski definition) is 2. The van der Waals surface area contributed by atoms with Gasteiger partial charge in [-0.25, -0.2) is 0 Å². The molecule has 0 saturated heterocycles. The first kappa shape index (κ1) is 13.3. The van der Waals surface area contributed by atoms with Crippen LogP contribution >= 0.6 is 0 Å². The second-order valence-electron chi connectivity index (χ2n) is 6.19. The fourth-order valence-electron chi connectivity index (χ4n) is 2.82. The first-order valence-corrected chi connectivity index (χ1v) is 7.41. The fourth-order valence-corrected chi connectivity index (χ4v) is 2.82. The van der Waals surface area contributed by atoms with Crippen molar-refractivity contribution in [2.24, 2.45) is 5.73 Å². The average Bonchev–Trinajstić information content (AvgIpc) is 3.33. The maximum Gasteiger partial charge on any atom is 0.0270 e. The van der Waals surface area contributed by atoms with Gasteiger partial charge in [-0.05, 0) is 54.0 Å². The van der Waals surface area contributed by atoms with Gasteiger partial charge in [0.15, 0.2) is 0 Å². The summed E-state index contributed by atoms with van der Waals surface area (Å²) >= 11 is 0. The Morgan fingerprint density at radius 3 is 2.30 bits per heavy atom. The van der Waals surface area contributed by atoms with E-state index in [1.807, 2.05) is 12.4 Å². The minimum absolute atomic E-state index is 0.0105. The Morgan fingerprint density at radius 1 is 1.10 bits per heavy atom. The van der Waals surface area contributed by atoms with Crippen LogP contribution in [0.25, 0.3) is 0 Å². The largest absolute Gasteiger partial charge is 0.330 e. The minimum Gasteiger partial charge on any atom is -0.330 e. The molecule has 0 amide bonds. The van der Waals surface area contributed by atoms with Crippen LogP contribution < -0.4 is 5.73 Å². The molecule has 0 bridgehead atoms. The molecule has 0 spiro atoms. The number of benzene rings is 1. The standard InChI is InChI=1S/C18H22N2/c1-18(13-19,12-14-8-10-20-11-9-14)17-6-4-16(5-7-17)15-2-3-15/h4-11,15H,2-3,12-13,19H2,1H3. The van der Waals surface area contributed by atoms with E-state index in [4.69, 9.17) is 5.73 Å². The molecule has 1 atom stereocenters. The lowest BCUT2D eigenvalue weighted by molar-refractivity contribution is 0.480. The molecule has 1 heterocycles. The van der Waals surface area contributed by atoms with Crippen LogP contribution in [-0.4, -0.2) is 11.5 Å². The minimum atomic E-state index is -0.0105. The van der Waals surface area contributed by atoms with Crippen molar-refractivity contribution in [2.75, 3.05) is 6.54 Å². The van der Waals surface area contributed by atoms with Crippen LogP contribution in [-0.2, 0) is 11.8 Å². The number of pyridine rings is 1. The van der Waals surface area contributed by atoms with Crippen molar-refractivity contribution < 1.29 is 0 Å². The molecule has 2 nitrogen and oxygen atoms in total. The molecule has 0 aliphatic heterocycles. The Bertz CT molecular complexity index is 558. The van der Waals surface area contributed by atoms with E-state index < -0.39 is 0 Å². The number of aromatic nitrogens is 1. The lowest BCUT2D eigenvalue weighted by Crippen LogP contribution is -2.34. The normalized spacial score (nSPS) is 17.7. The predicted molar refractivity (Wildman–Crippen MR) is 82.8 cm³/mol. The van der Waals surface area contributed by atoms with Gasteiger partial charge in [-0.15, -0.1) is 0 Å². The van der Waals surface area contributed by atoms with Crippen molar-refractivity contribution in [3.05, 3.63) is 65.5 Å². The first-order valence-electron chi connectivity index (χ1n) is 7.41. The molecule has 3 rings (SSSR count). The summed E-state index contributed by atoms with van der Waals surface area (Å²) in [4.78, 5) is 4.08. The van der Waals surface area contributed by atoms with Crippen molar-refractivity contribution in [3.8, 4) is 0 Å². The molecule has 1 unspecified atom stereocenters. The third kappa shape index (κ3) is 2.75. The van der Waals surface area contributed by atoms with E-state index in [9.17, 15) is 0 Å². The first-order chi connectivity index (χ1) is 9.71. The fraction of sp³-hybridized carbons (Fsp3) is 0.389. The lowest BCUT2D eigenvalue weighted by Gasteiger charge is -2.29. The van der Waals surface area contributed by atoms with Gasteiger partial charge in [0, 0.05) is 24.4 Å². The van der Waals surface area contributed by atoms with Crippen LogP contribution in [0.4, 0.5) is 0 Å². The summed E-state index contributed by atoms with van der Waals surface area (Å²) in [6.07, 6.45) is 7.36. The van der Waals surface area contributed by atoms with Crippen LogP contribution in [0.5, 0.6) is 0 Å². The zero-order chi connectivity index (χ0) is 14.0. The van der Waals surface area contributed by atoms with E-state index in [0.717, 1.165) is 12.3 Å². The zero-order valence-corrected chi connectivity index (χ0v) is 12.0. The number of nitrogens with zero attached hydrogens (tertiary/aromatic N) is 1. The van der Waals surface area contributed by atoms with Crippen molar-refractivity contribution in [2.45, 2.75) is 37.5 Å². The van der Waals surface area contributed by atoms with Crippen molar-refractivity contribution in [3.63, 3.8) is 0 Å². The molecule has 2 aromatic rings. The van der Waals surface area contributed by atoms with Crippen LogP contribution in [0.2, 0.25) is 0 Å². The molecule has 2 heteroatoms. The predicted octanol–water partition coefficient (Wildman–Crippen LogP) is 3.42. The molecule has 20 heavy (non-hydrogen) atoms. The second-order valence-corrected chi connectivity index (χ2v) is 6.19. The summed E-state index contributed by atoms with van der Waals surface area (Å²) in [5, 5.41) is 0. The SMILES string of the molecule is CC(CN)(Cc1ccncc1)c1ccc(C2CC2)cc1. The van der Waals surface area contributed by atoms with Crippen molar-refractivity contribution >= 4 is 0 Å². The van der Waals surface area contributed by atoms with Gasteiger partial charge in [0.25, 0.3) is 0 Å². The van der Waals surface area contributed by atoms with Gasteiger partial charge >= 0.3 is 0 Å². The molecular formula is C18H22N2.